The first kappa shape index (κ1) is 13.9. The van der Waals surface area contributed by atoms with Crippen molar-refractivity contribution in [3.63, 3.8) is 0 Å². The molecule has 0 spiro atoms. The molecule has 0 radical (unpaired) electrons. The molecule has 0 bridgehead atoms. The zero-order chi connectivity index (χ0) is 14.4. The highest BCUT2D eigenvalue weighted by Gasteiger charge is 2.35. The van der Waals surface area contributed by atoms with Crippen LogP contribution in [0.15, 0.2) is 23.1 Å². The number of hydrogen-bond donors (Lipinski definition) is 1. The highest BCUT2D eigenvalue weighted by molar-refractivity contribution is 7.91. The molecule has 0 saturated heterocycles. The van der Waals surface area contributed by atoms with Gasteiger partial charge in [-0.05, 0) is 18.2 Å². The third-order valence-electron chi connectivity index (χ3n) is 2.82. The van der Waals surface area contributed by atoms with Crippen LogP contribution < -0.4 is 5.32 Å². The van der Waals surface area contributed by atoms with Crippen LogP contribution in [0.25, 0.3) is 0 Å². The lowest BCUT2D eigenvalue weighted by molar-refractivity contribution is -0.137. The van der Waals surface area contributed by atoms with E-state index in [2.05, 4.69) is 5.32 Å². The smallest absolute Gasteiger partial charge is 0.325 e. The van der Waals surface area contributed by atoms with E-state index in [1.54, 1.807) is 0 Å². The van der Waals surface area contributed by atoms with Gasteiger partial charge in [-0.15, -0.1) is 0 Å². The fourth-order valence-electron chi connectivity index (χ4n) is 1.81. The van der Waals surface area contributed by atoms with Gasteiger partial charge in [0.2, 0.25) is 5.91 Å². The van der Waals surface area contributed by atoms with Crippen LogP contribution in [0.3, 0.4) is 0 Å². The maximum absolute atomic E-state index is 12.6. The van der Waals surface area contributed by atoms with E-state index in [4.69, 9.17) is 0 Å². The number of sulfone groups is 1. The second-order valence-electron chi connectivity index (χ2n) is 4.38. The molecule has 19 heavy (non-hydrogen) atoms. The molecule has 0 aromatic heterocycles. The van der Waals surface area contributed by atoms with E-state index in [9.17, 15) is 26.4 Å². The summed E-state index contributed by atoms with van der Waals surface area (Å²) in [7, 11) is -3.93. The number of nitrogens with one attached hydrogen (secondary N) is 1. The highest BCUT2D eigenvalue weighted by Crippen LogP contribution is 2.35. The van der Waals surface area contributed by atoms with Gasteiger partial charge in [0.1, 0.15) is 0 Å². The predicted octanol–water partition coefficient (Wildman–Crippen LogP) is 2.07. The number of benzene rings is 1. The van der Waals surface area contributed by atoms with Crippen molar-refractivity contribution in [3.05, 3.63) is 23.8 Å². The van der Waals surface area contributed by atoms with E-state index in [1.807, 2.05) is 0 Å². The first-order valence-electron chi connectivity index (χ1n) is 5.36. The van der Waals surface area contributed by atoms with E-state index in [0.29, 0.717) is 6.07 Å². The minimum absolute atomic E-state index is 0.109. The van der Waals surface area contributed by atoms with E-state index < -0.39 is 44.1 Å². The van der Waals surface area contributed by atoms with Crippen molar-refractivity contribution in [1.29, 1.82) is 0 Å². The van der Waals surface area contributed by atoms with Gasteiger partial charge in [0.15, 0.2) is 9.84 Å². The molecular weight excluding hydrogens is 283 g/mol. The van der Waals surface area contributed by atoms with Gasteiger partial charge in [-0.3, -0.25) is 4.79 Å². The van der Waals surface area contributed by atoms with Crippen LogP contribution in [0.5, 0.6) is 0 Å². The molecule has 8 heteroatoms. The third-order valence-corrected chi connectivity index (χ3v) is 4.77. The first-order chi connectivity index (χ1) is 8.61. The Morgan fingerprint density at radius 2 is 1.95 bits per heavy atom. The van der Waals surface area contributed by atoms with Crippen molar-refractivity contribution >= 4 is 21.4 Å². The Balaban J connectivity index is 2.64. The monoisotopic (exact) mass is 293 g/mol. The number of fused-ring (bicyclic) bond motifs is 1. The number of amides is 1. The Labute approximate surface area is 107 Å². The molecule has 0 fully saturated rings. The van der Waals surface area contributed by atoms with Crippen molar-refractivity contribution < 1.29 is 26.4 Å². The summed E-state index contributed by atoms with van der Waals surface area (Å²) >= 11 is 0. The second-order valence-corrected chi connectivity index (χ2v) is 6.38. The lowest BCUT2D eigenvalue weighted by Crippen LogP contribution is -2.22. The zero-order valence-corrected chi connectivity index (χ0v) is 10.6. The Kier molecular flexibility index (Phi) is 3.08. The van der Waals surface area contributed by atoms with Crippen LogP contribution in [0, 0.1) is 5.92 Å². The largest absolute Gasteiger partial charge is 0.416 e. The number of rotatable bonds is 0. The maximum Gasteiger partial charge on any atom is 0.416 e. The van der Waals surface area contributed by atoms with E-state index in [1.165, 1.54) is 6.92 Å². The van der Waals surface area contributed by atoms with Crippen LogP contribution >= 0.6 is 0 Å². The standard InChI is InChI=1S/C11H10F3NO3S/c1-6-5-19(17,18)9-4-7(11(12,13)14)2-3-8(9)15-10(6)16/h2-4,6H,5H2,1H3,(H,15,16). The minimum Gasteiger partial charge on any atom is -0.325 e. The molecule has 1 heterocycles. The molecule has 1 N–H and O–H groups in total. The van der Waals surface area contributed by atoms with E-state index in [-0.39, 0.29) is 5.69 Å². The van der Waals surface area contributed by atoms with Crippen molar-refractivity contribution in [3.8, 4) is 0 Å². The molecule has 2 rings (SSSR count). The number of anilines is 1. The molecule has 1 atom stereocenters. The average Bonchev–Trinajstić information content (AvgIpc) is 2.34. The quantitative estimate of drug-likeness (QED) is 0.796. The van der Waals surface area contributed by atoms with E-state index >= 15 is 0 Å². The lowest BCUT2D eigenvalue weighted by atomic mass is 10.1. The molecule has 1 unspecified atom stereocenters. The molecule has 0 aliphatic carbocycles. The summed E-state index contributed by atoms with van der Waals surface area (Å²) in [4.78, 5) is 11.1. The Morgan fingerprint density at radius 3 is 2.53 bits per heavy atom. The number of carbonyl (C=O) groups excluding carboxylic acids is 1. The number of halogens is 3. The van der Waals surface area contributed by atoms with Gasteiger partial charge in [0.05, 0.1) is 21.9 Å². The zero-order valence-electron chi connectivity index (χ0n) is 9.78. The molecule has 104 valence electrons. The number of carbonyl (C=O) groups is 1. The van der Waals surface area contributed by atoms with Crippen molar-refractivity contribution in [1.82, 2.24) is 0 Å². The van der Waals surface area contributed by atoms with Crippen molar-refractivity contribution in [2.24, 2.45) is 5.92 Å². The van der Waals surface area contributed by atoms with Gasteiger partial charge < -0.3 is 5.32 Å². The molecule has 1 aliphatic rings. The molecule has 1 aromatic rings. The number of hydrogen-bond acceptors (Lipinski definition) is 3. The van der Waals surface area contributed by atoms with Gasteiger partial charge in [-0.25, -0.2) is 8.42 Å². The summed E-state index contributed by atoms with van der Waals surface area (Å²) in [6.45, 7) is 1.41. The molecule has 1 aromatic carbocycles. The molecule has 1 amide bonds. The Morgan fingerprint density at radius 1 is 1.32 bits per heavy atom. The van der Waals surface area contributed by atoms with Crippen LogP contribution in [0.1, 0.15) is 12.5 Å². The third kappa shape index (κ3) is 2.58. The van der Waals surface area contributed by atoms with Crippen LogP contribution in [-0.2, 0) is 20.8 Å². The fraction of sp³-hybridized carbons (Fsp3) is 0.364. The first-order valence-corrected chi connectivity index (χ1v) is 7.01. The van der Waals surface area contributed by atoms with Gasteiger partial charge in [0.25, 0.3) is 0 Å². The Hall–Kier alpha value is -1.57. The summed E-state index contributed by atoms with van der Waals surface area (Å²) in [5, 5.41) is 2.32. The fourth-order valence-corrected chi connectivity index (χ4v) is 3.56. The van der Waals surface area contributed by atoms with Gasteiger partial charge >= 0.3 is 6.18 Å². The van der Waals surface area contributed by atoms with Gasteiger partial charge in [-0.2, -0.15) is 13.2 Å². The van der Waals surface area contributed by atoms with Crippen LogP contribution in [0.4, 0.5) is 18.9 Å². The van der Waals surface area contributed by atoms with Crippen molar-refractivity contribution in [2.75, 3.05) is 11.1 Å². The van der Waals surface area contributed by atoms with Crippen LogP contribution in [-0.4, -0.2) is 20.1 Å². The molecule has 1 aliphatic heterocycles. The van der Waals surface area contributed by atoms with Gasteiger partial charge in [-0.1, -0.05) is 6.92 Å². The van der Waals surface area contributed by atoms with Crippen LogP contribution in [0.2, 0.25) is 0 Å². The molecular formula is C11H10F3NO3S. The summed E-state index contributed by atoms with van der Waals surface area (Å²) in [5.41, 5.74) is -1.17. The summed E-state index contributed by atoms with van der Waals surface area (Å²) in [6, 6.07) is 2.26. The van der Waals surface area contributed by atoms with E-state index in [0.717, 1.165) is 12.1 Å². The summed E-state index contributed by atoms with van der Waals surface area (Å²) < 4.78 is 61.7. The highest BCUT2D eigenvalue weighted by atomic mass is 32.2. The Bertz CT molecular complexity index is 637. The molecule has 0 saturated carbocycles. The predicted molar refractivity (Wildman–Crippen MR) is 61.3 cm³/mol. The maximum atomic E-state index is 12.6. The van der Waals surface area contributed by atoms with Crippen molar-refractivity contribution in [2.45, 2.75) is 18.0 Å². The minimum atomic E-state index is -4.63. The second kappa shape index (κ2) is 4.22. The SMILES string of the molecule is CC1CS(=O)(=O)c2cc(C(F)(F)F)ccc2NC1=O. The molecule has 4 nitrogen and oxygen atoms in total. The summed E-state index contributed by atoms with van der Waals surface area (Å²) in [5.74, 6) is -1.85. The topological polar surface area (TPSA) is 63.2 Å². The lowest BCUT2D eigenvalue weighted by Gasteiger charge is -2.11. The van der Waals surface area contributed by atoms with Gasteiger partial charge in [0, 0.05) is 5.92 Å². The number of alkyl halides is 3. The normalized spacial score (nSPS) is 22.3. The average molecular weight is 293 g/mol. The summed E-state index contributed by atoms with van der Waals surface area (Å²) in [6.07, 6.45) is -4.63.